The van der Waals surface area contributed by atoms with Crippen LogP contribution in [0.4, 0.5) is 0 Å². The minimum absolute atomic E-state index is 0.0198. The molecule has 4 rings (SSSR count). The molecule has 0 saturated carbocycles. The van der Waals surface area contributed by atoms with Gasteiger partial charge >= 0.3 is 0 Å². The van der Waals surface area contributed by atoms with Gasteiger partial charge < -0.3 is 14.7 Å². The topological polar surface area (TPSA) is 88.7 Å². The molecule has 3 heterocycles. The van der Waals surface area contributed by atoms with E-state index < -0.39 is 0 Å². The van der Waals surface area contributed by atoms with Crippen molar-refractivity contribution in [2.24, 2.45) is 0 Å². The van der Waals surface area contributed by atoms with E-state index in [4.69, 9.17) is 4.98 Å². The van der Waals surface area contributed by atoms with Crippen molar-refractivity contribution in [2.75, 3.05) is 6.61 Å². The Labute approximate surface area is 155 Å². The number of aliphatic hydroxyl groups excluding tert-OH is 1. The highest BCUT2D eigenvalue weighted by Crippen LogP contribution is 2.26. The van der Waals surface area contributed by atoms with Crippen molar-refractivity contribution in [3.8, 4) is 11.4 Å². The Hall–Kier alpha value is -3.19. The standard InChI is InChI=1S/C20H21N5O2/c1-14-5-4-8-19(27)24(14)10-9-18-22-20(23-25(18)11-12-26)16-13-21-17-7-3-2-6-15(16)17/h2-8,13,21,26H,9-12H2,1H3. The van der Waals surface area contributed by atoms with Gasteiger partial charge in [-0.3, -0.25) is 4.79 Å². The maximum Gasteiger partial charge on any atom is 0.250 e. The van der Waals surface area contributed by atoms with E-state index in [0.29, 0.717) is 25.3 Å². The number of para-hydroxylation sites is 1. The van der Waals surface area contributed by atoms with E-state index in [1.165, 1.54) is 0 Å². The molecule has 0 bridgehead atoms. The molecular weight excluding hydrogens is 342 g/mol. The molecule has 3 aromatic heterocycles. The van der Waals surface area contributed by atoms with E-state index in [-0.39, 0.29) is 12.2 Å². The van der Waals surface area contributed by atoms with E-state index in [2.05, 4.69) is 10.1 Å². The van der Waals surface area contributed by atoms with Gasteiger partial charge in [0.25, 0.3) is 5.56 Å². The third-order valence-corrected chi connectivity index (χ3v) is 4.72. The number of rotatable bonds is 6. The van der Waals surface area contributed by atoms with Crippen LogP contribution in [-0.4, -0.2) is 36.0 Å². The van der Waals surface area contributed by atoms with Crippen LogP contribution in [-0.2, 0) is 19.5 Å². The number of benzene rings is 1. The van der Waals surface area contributed by atoms with Crippen LogP contribution in [0.3, 0.4) is 0 Å². The second kappa shape index (κ2) is 7.20. The smallest absolute Gasteiger partial charge is 0.250 e. The molecule has 138 valence electrons. The first-order valence-electron chi connectivity index (χ1n) is 8.95. The van der Waals surface area contributed by atoms with Crippen LogP contribution in [0, 0.1) is 6.92 Å². The van der Waals surface area contributed by atoms with Crippen LogP contribution in [0.15, 0.2) is 53.5 Å². The number of aryl methyl sites for hydroxylation is 2. The minimum Gasteiger partial charge on any atom is -0.394 e. The number of aromatic amines is 1. The fraction of sp³-hybridized carbons (Fsp3) is 0.250. The molecule has 0 amide bonds. The lowest BCUT2D eigenvalue weighted by Crippen LogP contribution is -2.23. The number of pyridine rings is 1. The van der Waals surface area contributed by atoms with Crippen molar-refractivity contribution < 1.29 is 5.11 Å². The third-order valence-electron chi connectivity index (χ3n) is 4.72. The molecule has 0 saturated heterocycles. The summed E-state index contributed by atoms with van der Waals surface area (Å²) in [6, 6.07) is 13.2. The number of aliphatic hydroxyl groups is 1. The minimum atomic E-state index is -0.0277. The van der Waals surface area contributed by atoms with Gasteiger partial charge in [-0.25, -0.2) is 9.67 Å². The molecule has 2 N–H and O–H groups in total. The van der Waals surface area contributed by atoms with Crippen LogP contribution in [0.2, 0.25) is 0 Å². The highest BCUT2D eigenvalue weighted by molar-refractivity contribution is 5.93. The zero-order valence-electron chi connectivity index (χ0n) is 15.1. The highest BCUT2D eigenvalue weighted by atomic mass is 16.3. The second-order valence-corrected chi connectivity index (χ2v) is 6.45. The predicted molar refractivity (Wildman–Crippen MR) is 104 cm³/mol. The average molecular weight is 363 g/mol. The largest absolute Gasteiger partial charge is 0.394 e. The number of H-pyrrole nitrogens is 1. The summed E-state index contributed by atoms with van der Waals surface area (Å²) in [6.07, 6.45) is 2.46. The molecule has 0 unspecified atom stereocenters. The zero-order valence-corrected chi connectivity index (χ0v) is 15.1. The summed E-state index contributed by atoms with van der Waals surface area (Å²) in [6.45, 7) is 2.78. The number of hydrogen-bond donors (Lipinski definition) is 2. The van der Waals surface area contributed by atoms with Crippen LogP contribution in [0.25, 0.3) is 22.3 Å². The number of nitrogens with one attached hydrogen (secondary N) is 1. The Balaban J connectivity index is 1.68. The Kier molecular flexibility index (Phi) is 4.60. The molecule has 0 fully saturated rings. The van der Waals surface area contributed by atoms with Gasteiger partial charge in [-0.2, -0.15) is 5.10 Å². The summed E-state index contributed by atoms with van der Waals surface area (Å²) >= 11 is 0. The van der Waals surface area contributed by atoms with Crippen molar-refractivity contribution in [1.82, 2.24) is 24.3 Å². The molecule has 7 heteroatoms. The highest BCUT2D eigenvalue weighted by Gasteiger charge is 2.15. The van der Waals surface area contributed by atoms with E-state index in [9.17, 15) is 9.90 Å². The maximum absolute atomic E-state index is 12.1. The third kappa shape index (κ3) is 3.29. The van der Waals surface area contributed by atoms with E-state index >= 15 is 0 Å². The van der Waals surface area contributed by atoms with Gasteiger partial charge in [-0.15, -0.1) is 0 Å². The molecule has 1 aromatic carbocycles. The van der Waals surface area contributed by atoms with Gasteiger partial charge in [0.15, 0.2) is 5.82 Å². The normalized spacial score (nSPS) is 11.3. The Morgan fingerprint density at radius 1 is 1.11 bits per heavy atom. The second-order valence-electron chi connectivity index (χ2n) is 6.45. The van der Waals surface area contributed by atoms with Crippen LogP contribution < -0.4 is 5.56 Å². The first-order chi connectivity index (χ1) is 13.2. The van der Waals surface area contributed by atoms with Crippen molar-refractivity contribution in [1.29, 1.82) is 0 Å². The van der Waals surface area contributed by atoms with Crippen LogP contribution >= 0.6 is 0 Å². The predicted octanol–water partition coefficient (Wildman–Crippen LogP) is 2.13. The van der Waals surface area contributed by atoms with E-state index in [0.717, 1.165) is 28.0 Å². The summed E-state index contributed by atoms with van der Waals surface area (Å²) in [5, 5.41) is 15.0. The molecule has 0 aliphatic carbocycles. The Bertz CT molecular complexity index is 1140. The van der Waals surface area contributed by atoms with Gasteiger partial charge in [0.2, 0.25) is 0 Å². The van der Waals surface area contributed by atoms with Crippen LogP contribution in [0.1, 0.15) is 11.5 Å². The van der Waals surface area contributed by atoms with E-state index in [1.54, 1.807) is 21.4 Å². The van der Waals surface area contributed by atoms with Gasteiger partial charge in [-0.1, -0.05) is 24.3 Å². The SMILES string of the molecule is Cc1cccc(=O)n1CCc1nc(-c2c[nH]c3ccccc23)nn1CCO. The first kappa shape index (κ1) is 17.2. The van der Waals surface area contributed by atoms with Crippen molar-refractivity contribution in [2.45, 2.75) is 26.4 Å². The summed E-state index contributed by atoms with van der Waals surface area (Å²) in [5.74, 6) is 1.37. The molecule has 0 atom stereocenters. The maximum atomic E-state index is 12.1. The molecule has 4 aromatic rings. The monoisotopic (exact) mass is 363 g/mol. The average Bonchev–Trinajstić information content (AvgIpc) is 3.26. The Morgan fingerprint density at radius 2 is 1.96 bits per heavy atom. The van der Waals surface area contributed by atoms with Crippen molar-refractivity contribution >= 4 is 10.9 Å². The number of hydrogen-bond acceptors (Lipinski definition) is 4. The first-order valence-corrected chi connectivity index (χ1v) is 8.95. The lowest BCUT2D eigenvalue weighted by molar-refractivity contribution is 0.266. The number of aromatic nitrogens is 5. The fourth-order valence-electron chi connectivity index (χ4n) is 3.33. The molecule has 27 heavy (non-hydrogen) atoms. The summed E-state index contributed by atoms with van der Waals surface area (Å²) in [7, 11) is 0. The number of fused-ring (bicyclic) bond motifs is 1. The molecule has 0 aliphatic rings. The van der Waals surface area contributed by atoms with Gasteiger partial charge in [0, 0.05) is 47.4 Å². The quantitative estimate of drug-likeness (QED) is 0.549. The van der Waals surface area contributed by atoms with Gasteiger partial charge in [-0.05, 0) is 19.1 Å². The van der Waals surface area contributed by atoms with Crippen molar-refractivity contribution in [3.63, 3.8) is 0 Å². The lowest BCUT2D eigenvalue weighted by atomic mass is 10.2. The molecule has 0 spiro atoms. The molecular formula is C20H21N5O2. The summed E-state index contributed by atoms with van der Waals surface area (Å²) in [4.78, 5) is 20.0. The van der Waals surface area contributed by atoms with Crippen molar-refractivity contribution in [3.05, 3.63) is 70.5 Å². The zero-order chi connectivity index (χ0) is 18.8. The fourth-order valence-corrected chi connectivity index (χ4v) is 3.33. The summed E-state index contributed by atoms with van der Waals surface area (Å²) in [5.41, 5.74) is 2.84. The molecule has 0 aliphatic heterocycles. The van der Waals surface area contributed by atoms with Gasteiger partial charge in [0.1, 0.15) is 5.82 Å². The molecule has 0 radical (unpaired) electrons. The van der Waals surface area contributed by atoms with E-state index in [1.807, 2.05) is 43.5 Å². The lowest BCUT2D eigenvalue weighted by Gasteiger charge is -2.09. The summed E-state index contributed by atoms with van der Waals surface area (Å²) < 4.78 is 3.45. The number of nitrogens with zero attached hydrogens (tertiary/aromatic N) is 4. The molecule has 7 nitrogen and oxygen atoms in total. The van der Waals surface area contributed by atoms with Gasteiger partial charge in [0.05, 0.1) is 13.2 Å². The van der Waals surface area contributed by atoms with Crippen LogP contribution in [0.5, 0.6) is 0 Å². The Morgan fingerprint density at radius 3 is 2.78 bits per heavy atom.